The zero-order valence-electron chi connectivity index (χ0n) is 11.4. The molecule has 1 fully saturated rings. The molecule has 1 aromatic heterocycles. The molecule has 1 unspecified atom stereocenters. The highest BCUT2D eigenvalue weighted by Gasteiger charge is 2.27. The van der Waals surface area contributed by atoms with E-state index in [-0.39, 0.29) is 11.3 Å². The fourth-order valence-corrected chi connectivity index (χ4v) is 2.40. The van der Waals surface area contributed by atoms with E-state index in [4.69, 9.17) is 9.84 Å². The number of ether oxygens (including phenoxy) is 1. The Morgan fingerprint density at radius 1 is 1.42 bits per heavy atom. The van der Waals surface area contributed by atoms with Gasteiger partial charge in [-0.3, -0.25) is 0 Å². The Bertz CT molecular complexity index is 464. The number of rotatable bonds is 3. The van der Waals surface area contributed by atoms with Gasteiger partial charge in [-0.2, -0.15) is 0 Å². The Balaban J connectivity index is 2.14. The molecular formula is C14H20N2O3. The first-order valence-corrected chi connectivity index (χ1v) is 6.54. The average Bonchev–Trinajstić information content (AvgIpc) is 2.62. The second-order valence-electron chi connectivity index (χ2n) is 5.18. The smallest absolute Gasteiger partial charge is 0.354 e. The van der Waals surface area contributed by atoms with E-state index in [1.54, 1.807) is 13.2 Å². The van der Waals surface area contributed by atoms with Crippen LogP contribution in [0.3, 0.4) is 0 Å². The van der Waals surface area contributed by atoms with Crippen molar-refractivity contribution in [3.63, 3.8) is 0 Å². The van der Waals surface area contributed by atoms with Crippen LogP contribution in [-0.4, -0.2) is 41.9 Å². The lowest BCUT2D eigenvalue weighted by atomic mass is 9.97. The van der Waals surface area contributed by atoms with Crippen LogP contribution in [0, 0.1) is 0 Å². The number of carboxylic acids is 1. The van der Waals surface area contributed by atoms with Gasteiger partial charge >= 0.3 is 5.97 Å². The summed E-state index contributed by atoms with van der Waals surface area (Å²) in [6.45, 7) is 3.84. The van der Waals surface area contributed by atoms with E-state index < -0.39 is 5.97 Å². The van der Waals surface area contributed by atoms with E-state index >= 15 is 0 Å². The quantitative estimate of drug-likeness (QED) is 0.906. The predicted octanol–water partition coefficient (Wildman–Crippen LogP) is 2.18. The van der Waals surface area contributed by atoms with Crippen LogP contribution in [0.2, 0.25) is 0 Å². The summed E-state index contributed by atoms with van der Waals surface area (Å²) < 4.78 is 5.56. The van der Waals surface area contributed by atoms with Gasteiger partial charge in [0, 0.05) is 20.2 Å². The molecule has 1 atom stereocenters. The van der Waals surface area contributed by atoms with Crippen molar-refractivity contribution in [1.29, 1.82) is 0 Å². The number of anilines is 1. The van der Waals surface area contributed by atoms with Crippen LogP contribution in [-0.2, 0) is 4.74 Å². The number of methoxy groups -OCH3 is 1. The first-order chi connectivity index (χ1) is 9.04. The number of nitrogens with zero attached hydrogens (tertiary/aromatic N) is 2. The van der Waals surface area contributed by atoms with Gasteiger partial charge in [0.1, 0.15) is 5.82 Å². The number of carbonyl (C=O) groups is 1. The van der Waals surface area contributed by atoms with Gasteiger partial charge in [-0.05, 0) is 38.3 Å². The Hall–Kier alpha value is -1.62. The second-order valence-corrected chi connectivity index (χ2v) is 5.18. The fraction of sp³-hybridized carbons (Fsp3) is 0.571. The van der Waals surface area contributed by atoms with Crippen LogP contribution in [0.25, 0.3) is 0 Å². The van der Waals surface area contributed by atoms with Gasteiger partial charge < -0.3 is 14.7 Å². The number of pyridine rings is 1. The van der Waals surface area contributed by atoms with Gasteiger partial charge in [-0.1, -0.05) is 6.07 Å². The zero-order chi connectivity index (χ0) is 13.9. The molecule has 0 radical (unpaired) electrons. The lowest BCUT2D eigenvalue weighted by Crippen LogP contribution is -2.30. The van der Waals surface area contributed by atoms with Crippen molar-refractivity contribution in [2.45, 2.75) is 31.8 Å². The molecule has 0 aliphatic carbocycles. The first kappa shape index (κ1) is 13.8. The summed E-state index contributed by atoms with van der Waals surface area (Å²) in [4.78, 5) is 17.3. The number of hydrogen-bond donors (Lipinski definition) is 1. The van der Waals surface area contributed by atoms with E-state index in [0.717, 1.165) is 38.2 Å². The van der Waals surface area contributed by atoms with Gasteiger partial charge in [0.25, 0.3) is 0 Å². The highest BCUT2D eigenvalue weighted by atomic mass is 16.5. The summed E-state index contributed by atoms with van der Waals surface area (Å²) in [6.07, 6.45) is 2.95. The summed E-state index contributed by atoms with van der Waals surface area (Å²) >= 11 is 0. The predicted molar refractivity (Wildman–Crippen MR) is 72.7 cm³/mol. The van der Waals surface area contributed by atoms with E-state index in [9.17, 15) is 4.79 Å². The summed E-state index contributed by atoms with van der Waals surface area (Å²) in [5, 5.41) is 8.98. The Kier molecular flexibility index (Phi) is 4.04. The molecule has 1 N–H and O–H groups in total. The first-order valence-electron chi connectivity index (χ1n) is 6.54. The van der Waals surface area contributed by atoms with Crippen LogP contribution in [0.4, 0.5) is 5.82 Å². The van der Waals surface area contributed by atoms with Gasteiger partial charge in [0.15, 0.2) is 5.69 Å². The zero-order valence-corrected chi connectivity index (χ0v) is 11.4. The molecule has 0 spiro atoms. The summed E-state index contributed by atoms with van der Waals surface area (Å²) in [5.41, 5.74) is 0.00958. The van der Waals surface area contributed by atoms with Crippen LogP contribution in [0.15, 0.2) is 18.2 Å². The lowest BCUT2D eigenvalue weighted by Gasteiger charge is -2.27. The third-order valence-corrected chi connectivity index (χ3v) is 3.81. The number of aromatic carboxylic acids is 1. The molecule has 0 bridgehead atoms. The summed E-state index contributed by atoms with van der Waals surface area (Å²) in [6, 6.07) is 5.12. The molecule has 2 heterocycles. The van der Waals surface area contributed by atoms with Crippen molar-refractivity contribution in [2.24, 2.45) is 0 Å². The van der Waals surface area contributed by atoms with E-state index in [1.165, 1.54) is 6.07 Å². The third-order valence-electron chi connectivity index (χ3n) is 3.81. The molecule has 1 aliphatic rings. The molecule has 1 aliphatic heterocycles. The minimum atomic E-state index is -0.988. The number of carboxylic acid groups (broad SMARTS) is 1. The van der Waals surface area contributed by atoms with Gasteiger partial charge in [-0.15, -0.1) is 0 Å². The van der Waals surface area contributed by atoms with Crippen LogP contribution < -0.4 is 4.90 Å². The average molecular weight is 264 g/mol. The maximum absolute atomic E-state index is 11.0. The second kappa shape index (κ2) is 5.57. The molecular weight excluding hydrogens is 244 g/mol. The number of hydrogen-bond acceptors (Lipinski definition) is 4. The van der Waals surface area contributed by atoms with Crippen molar-refractivity contribution in [1.82, 2.24) is 4.98 Å². The minimum absolute atomic E-state index is 0.0842. The van der Waals surface area contributed by atoms with Crippen LogP contribution in [0.1, 0.15) is 36.7 Å². The monoisotopic (exact) mass is 264 g/mol. The SMILES string of the molecule is COC1(C)CCCN(c2cccc(C(=O)O)n2)CC1. The Labute approximate surface area is 113 Å². The molecule has 0 amide bonds. The topological polar surface area (TPSA) is 62.7 Å². The van der Waals surface area contributed by atoms with Gasteiger partial charge in [-0.25, -0.2) is 9.78 Å². The Morgan fingerprint density at radius 2 is 2.21 bits per heavy atom. The summed E-state index contributed by atoms with van der Waals surface area (Å²) in [7, 11) is 1.75. The standard InChI is InChI=1S/C14H20N2O3/c1-14(19-2)7-4-9-16(10-8-14)12-6-3-5-11(15-12)13(17)18/h3,5-6H,4,7-10H2,1-2H3,(H,17,18). The molecule has 2 rings (SSSR count). The van der Waals surface area contributed by atoms with Gasteiger partial charge in [0.2, 0.25) is 0 Å². The van der Waals surface area contributed by atoms with E-state index in [2.05, 4.69) is 16.8 Å². The summed E-state index contributed by atoms with van der Waals surface area (Å²) in [5.74, 6) is -0.251. The van der Waals surface area contributed by atoms with Crippen LogP contribution >= 0.6 is 0 Å². The van der Waals surface area contributed by atoms with E-state index in [1.807, 2.05) is 6.07 Å². The maximum atomic E-state index is 11.0. The van der Waals surface area contributed by atoms with E-state index in [0.29, 0.717) is 0 Å². The van der Waals surface area contributed by atoms with Crippen molar-refractivity contribution in [3.8, 4) is 0 Å². The maximum Gasteiger partial charge on any atom is 0.354 e. The van der Waals surface area contributed by atoms with Crippen molar-refractivity contribution >= 4 is 11.8 Å². The van der Waals surface area contributed by atoms with Crippen molar-refractivity contribution in [3.05, 3.63) is 23.9 Å². The normalized spacial score (nSPS) is 24.0. The molecule has 1 aromatic rings. The highest BCUT2D eigenvalue weighted by Crippen LogP contribution is 2.27. The molecule has 104 valence electrons. The van der Waals surface area contributed by atoms with Gasteiger partial charge in [0.05, 0.1) is 5.60 Å². The Morgan fingerprint density at radius 3 is 2.89 bits per heavy atom. The molecule has 1 saturated heterocycles. The highest BCUT2D eigenvalue weighted by molar-refractivity contribution is 5.85. The molecule has 0 aromatic carbocycles. The van der Waals surface area contributed by atoms with Crippen molar-refractivity contribution in [2.75, 3.05) is 25.1 Å². The third kappa shape index (κ3) is 3.23. The molecule has 19 heavy (non-hydrogen) atoms. The minimum Gasteiger partial charge on any atom is -0.477 e. The largest absolute Gasteiger partial charge is 0.477 e. The molecule has 5 nitrogen and oxygen atoms in total. The fourth-order valence-electron chi connectivity index (χ4n) is 2.40. The lowest BCUT2D eigenvalue weighted by molar-refractivity contribution is -0.00330. The number of aromatic nitrogens is 1. The molecule has 5 heteroatoms. The van der Waals surface area contributed by atoms with Crippen molar-refractivity contribution < 1.29 is 14.6 Å². The molecule has 0 saturated carbocycles. The van der Waals surface area contributed by atoms with Crippen LogP contribution in [0.5, 0.6) is 0 Å².